The quantitative estimate of drug-likeness (QED) is 0.851. The van der Waals surface area contributed by atoms with Crippen molar-refractivity contribution in [1.82, 2.24) is 0 Å². The highest BCUT2D eigenvalue weighted by Crippen LogP contribution is 2.27. The summed E-state index contributed by atoms with van der Waals surface area (Å²) < 4.78 is 13.6. The summed E-state index contributed by atoms with van der Waals surface area (Å²) in [6.07, 6.45) is 0. The van der Waals surface area contributed by atoms with Gasteiger partial charge in [-0.15, -0.1) is 0 Å². The number of hydrogen-bond acceptors (Lipinski definition) is 3. The smallest absolute Gasteiger partial charge is 0.163 e. The topological polar surface area (TPSA) is 40.5 Å². The Kier molecular flexibility index (Phi) is 4.58. The highest BCUT2D eigenvalue weighted by molar-refractivity contribution is 5.97. The fourth-order valence-electron chi connectivity index (χ4n) is 2.27. The largest absolute Gasteiger partial charge is 0.507 e. The predicted molar refractivity (Wildman–Crippen MR) is 81.2 cm³/mol. The molecule has 110 valence electrons. The molecule has 0 heterocycles. The molecule has 0 unspecified atom stereocenters. The van der Waals surface area contributed by atoms with Crippen molar-refractivity contribution in [3.05, 3.63) is 59.4 Å². The van der Waals surface area contributed by atoms with Gasteiger partial charge in [-0.05, 0) is 38.1 Å². The van der Waals surface area contributed by atoms with E-state index in [9.17, 15) is 14.3 Å². The van der Waals surface area contributed by atoms with Crippen LogP contribution in [-0.4, -0.2) is 17.4 Å². The normalized spacial score (nSPS) is 10.4. The molecule has 4 heteroatoms. The van der Waals surface area contributed by atoms with E-state index in [-0.39, 0.29) is 17.1 Å². The van der Waals surface area contributed by atoms with Crippen molar-refractivity contribution in [3.8, 4) is 5.75 Å². The number of anilines is 1. The molecule has 2 rings (SSSR count). The van der Waals surface area contributed by atoms with Crippen LogP contribution in [0, 0.1) is 5.82 Å². The third kappa shape index (κ3) is 3.40. The number of phenols is 1. The van der Waals surface area contributed by atoms with Crippen molar-refractivity contribution in [1.29, 1.82) is 0 Å². The molecular weight excluding hydrogens is 269 g/mol. The molecule has 0 fully saturated rings. The van der Waals surface area contributed by atoms with Gasteiger partial charge in [-0.1, -0.05) is 18.2 Å². The summed E-state index contributed by atoms with van der Waals surface area (Å²) in [5.74, 6) is -1.01. The van der Waals surface area contributed by atoms with Crippen LogP contribution in [0.2, 0.25) is 0 Å². The molecule has 2 aromatic rings. The minimum absolute atomic E-state index is 0.0223. The van der Waals surface area contributed by atoms with E-state index in [1.165, 1.54) is 13.0 Å². The van der Waals surface area contributed by atoms with Crippen LogP contribution in [0.15, 0.2) is 42.5 Å². The molecule has 1 N–H and O–H groups in total. The third-order valence-corrected chi connectivity index (χ3v) is 3.40. The van der Waals surface area contributed by atoms with Gasteiger partial charge in [0.1, 0.15) is 11.6 Å². The Morgan fingerprint density at radius 2 is 1.90 bits per heavy atom. The Morgan fingerprint density at radius 3 is 2.48 bits per heavy atom. The number of benzene rings is 2. The maximum atomic E-state index is 13.6. The first kappa shape index (κ1) is 15.0. The van der Waals surface area contributed by atoms with Crippen LogP contribution in [0.5, 0.6) is 5.75 Å². The standard InChI is InChI=1S/C17H18FNO2/c1-3-19(15-7-5-4-6-8-15)11-13-9-14(18)10-16(12(2)20)17(13)21/h4-10,21H,3,11H2,1-2H3. The van der Waals surface area contributed by atoms with Crippen LogP contribution in [0.3, 0.4) is 0 Å². The Balaban J connectivity index is 2.36. The lowest BCUT2D eigenvalue weighted by Gasteiger charge is -2.24. The first-order valence-corrected chi connectivity index (χ1v) is 6.85. The molecular formula is C17H18FNO2. The van der Waals surface area contributed by atoms with Gasteiger partial charge in [0.2, 0.25) is 0 Å². The van der Waals surface area contributed by atoms with Gasteiger partial charge < -0.3 is 10.0 Å². The van der Waals surface area contributed by atoms with Crippen molar-refractivity contribution >= 4 is 11.5 Å². The number of halogens is 1. The number of nitrogens with zero attached hydrogens (tertiary/aromatic N) is 1. The van der Waals surface area contributed by atoms with E-state index in [0.717, 1.165) is 11.8 Å². The molecule has 2 aromatic carbocycles. The fourth-order valence-corrected chi connectivity index (χ4v) is 2.27. The Labute approximate surface area is 123 Å². The minimum Gasteiger partial charge on any atom is -0.507 e. The van der Waals surface area contributed by atoms with Crippen LogP contribution >= 0.6 is 0 Å². The molecule has 0 aliphatic rings. The molecule has 0 saturated carbocycles. The van der Waals surface area contributed by atoms with Crippen LogP contribution in [-0.2, 0) is 6.54 Å². The molecule has 0 atom stereocenters. The predicted octanol–water partition coefficient (Wildman–Crippen LogP) is 3.76. The lowest BCUT2D eigenvalue weighted by molar-refractivity contribution is 0.101. The van der Waals surface area contributed by atoms with Crippen molar-refractivity contribution < 1.29 is 14.3 Å². The fraction of sp³-hybridized carbons (Fsp3) is 0.235. The second kappa shape index (κ2) is 6.39. The highest BCUT2D eigenvalue weighted by Gasteiger charge is 2.16. The molecule has 0 aliphatic heterocycles. The van der Waals surface area contributed by atoms with Gasteiger partial charge in [0.15, 0.2) is 5.78 Å². The van der Waals surface area contributed by atoms with E-state index >= 15 is 0 Å². The van der Waals surface area contributed by atoms with Gasteiger partial charge in [-0.25, -0.2) is 4.39 Å². The second-order valence-electron chi connectivity index (χ2n) is 4.87. The number of Topliss-reactive ketones (excluding diaryl/α,β-unsaturated/α-hetero) is 1. The van der Waals surface area contributed by atoms with E-state index < -0.39 is 5.82 Å². The average Bonchev–Trinajstić information content (AvgIpc) is 2.48. The first-order valence-electron chi connectivity index (χ1n) is 6.85. The van der Waals surface area contributed by atoms with Gasteiger partial charge in [0.05, 0.1) is 5.56 Å². The maximum absolute atomic E-state index is 13.6. The summed E-state index contributed by atoms with van der Waals surface area (Å²) in [7, 11) is 0. The number of aromatic hydroxyl groups is 1. The lowest BCUT2D eigenvalue weighted by Crippen LogP contribution is -2.22. The van der Waals surface area contributed by atoms with Gasteiger partial charge in [-0.2, -0.15) is 0 Å². The SMILES string of the molecule is CCN(Cc1cc(F)cc(C(C)=O)c1O)c1ccccc1. The van der Waals surface area contributed by atoms with Gasteiger partial charge in [0, 0.05) is 24.3 Å². The van der Waals surface area contributed by atoms with Gasteiger partial charge in [0.25, 0.3) is 0 Å². The van der Waals surface area contributed by atoms with Gasteiger partial charge >= 0.3 is 0 Å². The van der Waals surface area contributed by atoms with Crippen LogP contribution < -0.4 is 4.90 Å². The molecule has 0 spiro atoms. The van der Waals surface area contributed by atoms with Crippen molar-refractivity contribution in [2.24, 2.45) is 0 Å². The lowest BCUT2D eigenvalue weighted by atomic mass is 10.0. The molecule has 0 radical (unpaired) electrons. The highest BCUT2D eigenvalue weighted by atomic mass is 19.1. The van der Waals surface area contributed by atoms with E-state index in [4.69, 9.17) is 0 Å². The zero-order chi connectivity index (χ0) is 15.4. The van der Waals surface area contributed by atoms with E-state index in [1.807, 2.05) is 42.2 Å². The Morgan fingerprint density at radius 1 is 1.24 bits per heavy atom. The molecule has 0 amide bonds. The summed E-state index contributed by atoms with van der Waals surface area (Å²) in [6.45, 7) is 4.34. The number of carbonyl (C=O) groups excluding carboxylic acids is 1. The summed E-state index contributed by atoms with van der Waals surface area (Å²) in [5.41, 5.74) is 1.41. The Hall–Kier alpha value is -2.36. The van der Waals surface area contributed by atoms with Crippen LogP contribution in [0.1, 0.15) is 29.8 Å². The monoisotopic (exact) mass is 287 g/mol. The van der Waals surface area contributed by atoms with E-state index in [2.05, 4.69) is 0 Å². The molecule has 3 nitrogen and oxygen atoms in total. The maximum Gasteiger partial charge on any atom is 0.163 e. The van der Waals surface area contributed by atoms with Crippen molar-refractivity contribution in [2.45, 2.75) is 20.4 Å². The first-order chi connectivity index (χ1) is 10.0. The van der Waals surface area contributed by atoms with Crippen LogP contribution in [0.4, 0.5) is 10.1 Å². The zero-order valence-corrected chi connectivity index (χ0v) is 12.1. The number of hydrogen-bond donors (Lipinski definition) is 1. The zero-order valence-electron chi connectivity index (χ0n) is 12.1. The minimum atomic E-state index is -0.517. The summed E-state index contributed by atoms with van der Waals surface area (Å²) in [4.78, 5) is 13.5. The number of para-hydroxylation sites is 1. The number of carbonyl (C=O) groups is 1. The van der Waals surface area contributed by atoms with Crippen molar-refractivity contribution in [2.75, 3.05) is 11.4 Å². The Bertz CT molecular complexity index is 641. The number of rotatable bonds is 5. The number of ketones is 1. The van der Waals surface area contributed by atoms with Crippen LogP contribution in [0.25, 0.3) is 0 Å². The van der Waals surface area contributed by atoms with Crippen molar-refractivity contribution in [3.63, 3.8) is 0 Å². The van der Waals surface area contributed by atoms with E-state index in [1.54, 1.807) is 0 Å². The average molecular weight is 287 g/mol. The molecule has 0 aliphatic carbocycles. The molecule has 0 saturated heterocycles. The molecule has 0 aromatic heterocycles. The third-order valence-electron chi connectivity index (χ3n) is 3.40. The number of phenolic OH excluding ortho intramolecular Hbond substituents is 1. The second-order valence-corrected chi connectivity index (χ2v) is 4.87. The molecule has 0 bridgehead atoms. The molecule has 21 heavy (non-hydrogen) atoms. The summed E-state index contributed by atoms with van der Waals surface area (Å²) >= 11 is 0. The van der Waals surface area contributed by atoms with E-state index in [0.29, 0.717) is 18.7 Å². The van der Waals surface area contributed by atoms with Gasteiger partial charge in [-0.3, -0.25) is 4.79 Å². The summed E-state index contributed by atoms with van der Waals surface area (Å²) in [6, 6.07) is 12.0. The summed E-state index contributed by atoms with van der Waals surface area (Å²) in [5, 5.41) is 10.2.